The maximum atomic E-state index is 4.47. The van der Waals surface area contributed by atoms with Crippen molar-refractivity contribution in [3.8, 4) is 0 Å². The van der Waals surface area contributed by atoms with E-state index in [9.17, 15) is 0 Å². The Bertz CT molecular complexity index is 484. The van der Waals surface area contributed by atoms with Gasteiger partial charge in [-0.1, -0.05) is 6.58 Å². The van der Waals surface area contributed by atoms with Crippen LogP contribution in [0.2, 0.25) is 0 Å². The van der Waals surface area contributed by atoms with Crippen molar-refractivity contribution < 1.29 is 0 Å². The third kappa shape index (κ3) is 6.11. The quantitative estimate of drug-likeness (QED) is 0.530. The second-order valence-electron chi connectivity index (χ2n) is 6.67. The Hall–Kier alpha value is -1.62. The highest BCUT2D eigenvalue weighted by Gasteiger charge is 2.21. The molecule has 1 aliphatic rings. The van der Waals surface area contributed by atoms with Gasteiger partial charge in [-0.3, -0.25) is 0 Å². The largest absolute Gasteiger partial charge is 0.374 e. The Morgan fingerprint density at radius 1 is 1.25 bits per heavy atom. The van der Waals surface area contributed by atoms with Crippen molar-refractivity contribution in [2.24, 2.45) is 15.9 Å². The lowest BCUT2D eigenvalue weighted by molar-refractivity contribution is 0.208. The summed E-state index contributed by atoms with van der Waals surface area (Å²) >= 11 is 0. The van der Waals surface area contributed by atoms with Gasteiger partial charge in [-0.25, -0.2) is 9.98 Å². The fraction of sp³-hybridized carbons (Fsp3) is 0.684. The van der Waals surface area contributed by atoms with Crippen LogP contribution in [0.25, 0.3) is 0 Å². The molecule has 1 heterocycles. The molecule has 0 aromatic rings. The number of likely N-dealkylation sites (tertiary alicyclic amines) is 1. The predicted molar refractivity (Wildman–Crippen MR) is 106 cm³/mol. The standard InChI is InChI=1S/C19H35N5/c1-14(19(22-7)23-17(4)21-6)8-9-18-10-12-24(13-11-18)16(3)15(2)20-5/h15,18,20,22H,3,6,8-13H2,1-2,4-5,7H3/b19-14+,23-17?. The molecule has 5 heteroatoms. The number of rotatable bonds is 8. The van der Waals surface area contributed by atoms with Crippen LogP contribution in [0.4, 0.5) is 0 Å². The monoisotopic (exact) mass is 333 g/mol. The number of aliphatic imine (C=N–C) groups is 2. The molecular formula is C19H35N5. The van der Waals surface area contributed by atoms with Crippen LogP contribution < -0.4 is 10.6 Å². The Morgan fingerprint density at radius 3 is 2.38 bits per heavy atom. The number of likely N-dealkylation sites (N-methyl/N-ethyl adjacent to an activating group) is 1. The van der Waals surface area contributed by atoms with E-state index in [1.165, 1.54) is 30.5 Å². The maximum absolute atomic E-state index is 4.47. The van der Waals surface area contributed by atoms with Gasteiger partial charge in [0.15, 0.2) is 0 Å². The molecule has 1 aliphatic heterocycles. The lowest BCUT2D eigenvalue weighted by Gasteiger charge is -2.36. The molecule has 1 saturated heterocycles. The molecule has 0 saturated carbocycles. The molecule has 5 nitrogen and oxygen atoms in total. The van der Waals surface area contributed by atoms with Gasteiger partial charge in [0.25, 0.3) is 0 Å². The molecule has 0 aliphatic carbocycles. The highest BCUT2D eigenvalue weighted by Crippen LogP contribution is 2.26. The van der Waals surface area contributed by atoms with Gasteiger partial charge in [0, 0.05) is 31.9 Å². The van der Waals surface area contributed by atoms with Crippen molar-refractivity contribution in [1.82, 2.24) is 15.5 Å². The average molecular weight is 334 g/mol. The van der Waals surface area contributed by atoms with Crippen molar-refractivity contribution in [2.45, 2.75) is 52.5 Å². The number of nitrogens with zero attached hydrogens (tertiary/aromatic N) is 3. The average Bonchev–Trinajstić information content (AvgIpc) is 2.62. The number of piperidine rings is 1. The molecule has 1 fully saturated rings. The van der Waals surface area contributed by atoms with Crippen LogP contribution in [0, 0.1) is 5.92 Å². The van der Waals surface area contributed by atoms with E-state index in [0.29, 0.717) is 11.9 Å². The Morgan fingerprint density at radius 2 is 1.88 bits per heavy atom. The Balaban J connectivity index is 2.50. The van der Waals surface area contributed by atoms with E-state index >= 15 is 0 Å². The summed E-state index contributed by atoms with van der Waals surface area (Å²) in [4.78, 5) is 10.8. The molecule has 24 heavy (non-hydrogen) atoms. The van der Waals surface area contributed by atoms with E-state index in [1.54, 1.807) is 0 Å². The van der Waals surface area contributed by atoms with E-state index in [-0.39, 0.29) is 0 Å². The van der Waals surface area contributed by atoms with Gasteiger partial charge >= 0.3 is 0 Å². The molecule has 0 spiro atoms. The summed E-state index contributed by atoms with van der Waals surface area (Å²) in [5.74, 6) is 2.41. The molecule has 136 valence electrons. The van der Waals surface area contributed by atoms with Crippen LogP contribution in [0.3, 0.4) is 0 Å². The SMILES string of the molecule is C=NC(C)=N/C(NC)=C(\C)CCC1CCN(C(=C)C(C)NC)CC1. The topological polar surface area (TPSA) is 52.0 Å². The second kappa shape index (κ2) is 10.3. The van der Waals surface area contributed by atoms with Crippen molar-refractivity contribution in [3.63, 3.8) is 0 Å². The van der Waals surface area contributed by atoms with Crippen molar-refractivity contribution >= 4 is 12.6 Å². The van der Waals surface area contributed by atoms with Crippen molar-refractivity contribution in [3.05, 3.63) is 23.7 Å². The minimum absolute atomic E-state index is 0.351. The van der Waals surface area contributed by atoms with Crippen LogP contribution >= 0.6 is 0 Å². The van der Waals surface area contributed by atoms with Gasteiger partial charge in [-0.2, -0.15) is 0 Å². The normalized spacial score (nSPS) is 18.9. The zero-order valence-corrected chi connectivity index (χ0v) is 16.2. The van der Waals surface area contributed by atoms with Crippen molar-refractivity contribution in [2.75, 3.05) is 27.2 Å². The number of allylic oxidation sites excluding steroid dienone is 1. The van der Waals surface area contributed by atoms with Gasteiger partial charge < -0.3 is 15.5 Å². The highest BCUT2D eigenvalue weighted by molar-refractivity contribution is 5.84. The molecule has 0 amide bonds. The van der Waals surface area contributed by atoms with Crippen LogP contribution in [-0.2, 0) is 0 Å². The summed E-state index contributed by atoms with van der Waals surface area (Å²) in [7, 11) is 3.90. The van der Waals surface area contributed by atoms with Crippen LogP contribution in [-0.4, -0.2) is 50.7 Å². The fourth-order valence-corrected chi connectivity index (χ4v) is 3.05. The predicted octanol–water partition coefficient (Wildman–Crippen LogP) is 3.17. The zero-order valence-electron chi connectivity index (χ0n) is 16.2. The third-order valence-electron chi connectivity index (χ3n) is 5.02. The summed E-state index contributed by atoms with van der Waals surface area (Å²) in [6.07, 6.45) is 4.78. The van der Waals surface area contributed by atoms with Crippen LogP contribution in [0.15, 0.2) is 33.7 Å². The van der Waals surface area contributed by atoms with E-state index in [1.807, 2.05) is 21.0 Å². The molecule has 1 unspecified atom stereocenters. The first-order valence-electron chi connectivity index (χ1n) is 8.93. The third-order valence-corrected chi connectivity index (χ3v) is 5.02. The molecule has 0 aromatic carbocycles. The highest BCUT2D eigenvalue weighted by atomic mass is 15.2. The summed E-state index contributed by atoms with van der Waals surface area (Å²) in [6, 6.07) is 0.351. The maximum Gasteiger partial charge on any atom is 0.126 e. The first kappa shape index (κ1) is 20.4. The number of amidine groups is 1. The summed E-state index contributed by atoms with van der Waals surface area (Å²) in [5.41, 5.74) is 2.50. The van der Waals surface area contributed by atoms with E-state index in [2.05, 4.69) is 52.7 Å². The van der Waals surface area contributed by atoms with E-state index in [4.69, 9.17) is 0 Å². The zero-order chi connectivity index (χ0) is 18.1. The smallest absolute Gasteiger partial charge is 0.126 e. The number of hydrogen-bond acceptors (Lipinski definition) is 4. The first-order valence-corrected chi connectivity index (χ1v) is 8.93. The lowest BCUT2D eigenvalue weighted by atomic mass is 9.90. The number of nitrogens with one attached hydrogen (secondary N) is 2. The molecule has 0 bridgehead atoms. The summed E-state index contributed by atoms with van der Waals surface area (Å²) in [5, 5.41) is 6.45. The Labute approximate surface area is 148 Å². The molecule has 0 aromatic heterocycles. The van der Waals surface area contributed by atoms with Gasteiger partial charge in [-0.15, -0.1) is 0 Å². The van der Waals surface area contributed by atoms with Crippen LogP contribution in [0.5, 0.6) is 0 Å². The molecular weight excluding hydrogens is 298 g/mol. The van der Waals surface area contributed by atoms with Gasteiger partial charge in [0.1, 0.15) is 11.7 Å². The fourth-order valence-electron chi connectivity index (χ4n) is 3.05. The van der Waals surface area contributed by atoms with E-state index in [0.717, 1.165) is 31.2 Å². The minimum atomic E-state index is 0.351. The lowest BCUT2D eigenvalue weighted by Crippen LogP contribution is -2.39. The van der Waals surface area contributed by atoms with Crippen molar-refractivity contribution in [1.29, 1.82) is 0 Å². The summed E-state index contributed by atoms with van der Waals surface area (Å²) < 4.78 is 0. The molecule has 1 atom stereocenters. The van der Waals surface area contributed by atoms with E-state index < -0.39 is 0 Å². The molecule has 0 radical (unpaired) electrons. The van der Waals surface area contributed by atoms with Gasteiger partial charge in [-0.05, 0) is 71.7 Å². The molecule has 1 rings (SSSR count). The number of hydrogen-bond donors (Lipinski definition) is 2. The Kier molecular flexibility index (Phi) is 8.76. The molecule has 2 N–H and O–H groups in total. The van der Waals surface area contributed by atoms with Crippen LogP contribution in [0.1, 0.15) is 46.5 Å². The first-order chi connectivity index (χ1) is 11.4. The minimum Gasteiger partial charge on any atom is -0.374 e. The van der Waals surface area contributed by atoms with Gasteiger partial charge in [0.05, 0.1) is 0 Å². The summed E-state index contributed by atoms with van der Waals surface area (Å²) in [6.45, 7) is 16.2. The second-order valence-corrected chi connectivity index (χ2v) is 6.67. The van der Waals surface area contributed by atoms with Gasteiger partial charge in [0.2, 0.25) is 0 Å².